The highest BCUT2D eigenvalue weighted by molar-refractivity contribution is 9.11. The fraction of sp³-hybridized carbons (Fsp3) is 0.105. The molecule has 1 aromatic heterocycles. The van der Waals surface area contributed by atoms with Gasteiger partial charge in [0, 0.05) is 21.4 Å². The van der Waals surface area contributed by atoms with Crippen LogP contribution >= 0.6 is 31.9 Å². The number of hydrogen-bond acceptors (Lipinski definition) is 7. The first-order valence-corrected chi connectivity index (χ1v) is 11.4. The van der Waals surface area contributed by atoms with Crippen LogP contribution in [0.5, 0.6) is 11.6 Å². The van der Waals surface area contributed by atoms with Crippen LogP contribution in [-0.4, -0.2) is 39.9 Å². The molecule has 0 spiro atoms. The third kappa shape index (κ3) is 4.79. The summed E-state index contributed by atoms with van der Waals surface area (Å²) in [5.41, 5.74) is 1.10. The van der Waals surface area contributed by atoms with Crippen LogP contribution in [-0.2, 0) is 27.5 Å². The number of carboxylic acid groups (broad SMARTS) is 1. The zero-order chi connectivity index (χ0) is 22.1. The van der Waals surface area contributed by atoms with E-state index < -0.39 is 15.8 Å². The second kappa shape index (κ2) is 8.70. The second-order valence-electron chi connectivity index (χ2n) is 6.31. The van der Waals surface area contributed by atoms with Gasteiger partial charge in [-0.25, -0.2) is 8.42 Å². The normalized spacial score (nSPS) is 11.4. The van der Waals surface area contributed by atoms with Gasteiger partial charge >= 0.3 is 5.97 Å². The van der Waals surface area contributed by atoms with Gasteiger partial charge in [-0.05, 0) is 79.4 Å². The van der Waals surface area contributed by atoms with Crippen LogP contribution in [0.3, 0.4) is 0 Å². The standard InChI is InChI=1S/C19H14Br2N2O6S/c20-14-5-10(7-18(26)27)6-15(21)19(14)30(28,29)16-3-2-13(24)9-11(16)8-12-1-4-17(25)23-22-12/h1-6,9,24H,7-8H2,(H,23,25)(H,26,27). The Morgan fingerprint density at radius 1 is 0.967 bits per heavy atom. The summed E-state index contributed by atoms with van der Waals surface area (Å²) in [5, 5.41) is 35.5. The lowest BCUT2D eigenvalue weighted by atomic mass is 10.1. The summed E-state index contributed by atoms with van der Waals surface area (Å²) in [5.74, 6) is -1.43. The number of aliphatic carboxylic acids is 1. The maximum atomic E-state index is 13.5. The molecule has 0 radical (unpaired) electrons. The molecule has 3 N–H and O–H groups in total. The number of carbonyl (C=O) groups is 1. The van der Waals surface area contributed by atoms with Crippen molar-refractivity contribution in [1.29, 1.82) is 0 Å². The van der Waals surface area contributed by atoms with E-state index in [9.17, 15) is 23.4 Å². The number of halogens is 2. The molecule has 0 aliphatic heterocycles. The lowest BCUT2D eigenvalue weighted by Crippen LogP contribution is -2.09. The van der Waals surface area contributed by atoms with Gasteiger partial charge in [0.1, 0.15) is 10.6 Å². The molecule has 0 fully saturated rings. The monoisotopic (exact) mass is 556 g/mol. The first-order valence-electron chi connectivity index (χ1n) is 8.36. The van der Waals surface area contributed by atoms with Crippen molar-refractivity contribution in [2.24, 2.45) is 0 Å². The van der Waals surface area contributed by atoms with Crippen LogP contribution in [0.4, 0.5) is 0 Å². The van der Waals surface area contributed by atoms with Gasteiger partial charge in [0.05, 0.1) is 17.0 Å². The van der Waals surface area contributed by atoms with E-state index in [4.69, 9.17) is 5.11 Å². The fourth-order valence-corrected chi connectivity index (χ4v) is 7.00. The largest absolute Gasteiger partial charge is 0.508 e. The maximum Gasteiger partial charge on any atom is 0.307 e. The number of aromatic hydroxyl groups is 2. The minimum Gasteiger partial charge on any atom is -0.508 e. The van der Waals surface area contributed by atoms with Crippen molar-refractivity contribution in [2.75, 3.05) is 0 Å². The van der Waals surface area contributed by atoms with Gasteiger partial charge in [0.15, 0.2) is 0 Å². The van der Waals surface area contributed by atoms with Crippen molar-refractivity contribution in [3.63, 3.8) is 0 Å². The zero-order valence-electron chi connectivity index (χ0n) is 15.1. The molecule has 0 unspecified atom stereocenters. The summed E-state index contributed by atoms with van der Waals surface area (Å²) in [6.07, 6.45) is -0.218. The Hall–Kier alpha value is -2.50. The van der Waals surface area contributed by atoms with Gasteiger partial charge in [-0.1, -0.05) is 0 Å². The maximum absolute atomic E-state index is 13.5. The highest BCUT2D eigenvalue weighted by atomic mass is 79.9. The molecule has 0 aliphatic rings. The van der Waals surface area contributed by atoms with Crippen molar-refractivity contribution in [3.05, 3.63) is 68.2 Å². The van der Waals surface area contributed by atoms with Gasteiger partial charge < -0.3 is 15.3 Å². The van der Waals surface area contributed by atoms with E-state index >= 15 is 0 Å². The first kappa shape index (κ1) is 22.2. The van der Waals surface area contributed by atoms with E-state index in [0.717, 1.165) is 0 Å². The predicted octanol–water partition coefficient (Wildman–Crippen LogP) is 3.46. The van der Waals surface area contributed by atoms with E-state index in [1.807, 2.05) is 0 Å². The smallest absolute Gasteiger partial charge is 0.307 e. The van der Waals surface area contributed by atoms with Gasteiger partial charge in [-0.15, -0.1) is 5.10 Å². The molecule has 11 heteroatoms. The number of benzene rings is 2. The van der Waals surface area contributed by atoms with Gasteiger partial charge in [0.2, 0.25) is 15.7 Å². The van der Waals surface area contributed by atoms with Crippen LogP contribution in [0.2, 0.25) is 0 Å². The van der Waals surface area contributed by atoms with Gasteiger partial charge in [-0.3, -0.25) is 4.79 Å². The van der Waals surface area contributed by atoms with E-state index in [1.54, 1.807) is 0 Å². The number of sulfone groups is 1. The van der Waals surface area contributed by atoms with Crippen molar-refractivity contribution in [2.45, 2.75) is 22.6 Å². The molecule has 0 amide bonds. The molecule has 0 atom stereocenters. The predicted molar refractivity (Wildman–Crippen MR) is 113 cm³/mol. The Bertz CT molecular complexity index is 1210. The number of aromatic nitrogens is 2. The summed E-state index contributed by atoms with van der Waals surface area (Å²) in [6.45, 7) is 0. The van der Waals surface area contributed by atoms with Crippen LogP contribution in [0.25, 0.3) is 0 Å². The number of phenolic OH excluding ortho intramolecular Hbond substituents is 1. The highest BCUT2D eigenvalue weighted by Crippen LogP contribution is 2.37. The molecule has 3 rings (SSSR count). The molecule has 3 aromatic rings. The van der Waals surface area contributed by atoms with Gasteiger partial charge in [-0.2, -0.15) is 5.10 Å². The Labute approximate surface area is 188 Å². The van der Waals surface area contributed by atoms with Crippen molar-refractivity contribution < 1.29 is 28.5 Å². The third-order valence-electron chi connectivity index (χ3n) is 4.09. The Morgan fingerprint density at radius 2 is 1.63 bits per heavy atom. The molecule has 8 nitrogen and oxygen atoms in total. The second-order valence-corrected chi connectivity index (χ2v) is 9.88. The molecule has 156 valence electrons. The number of nitrogens with zero attached hydrogens (tertiary/aromatic N) is 2. The average Bonchev–Trinajstić information content (AvgIpc) is 2.62. The summed E-state index contributed by atoms with van der Waals surface area (Å²) in [4.78, 5) is 10.8. The third-order valence-corrected chi connectivity index (χ3v) is 7.82. The molecule has 30 heavy (non-hydrogen) atoms. The van der Waals surface area contributed by atoms with Crippen LogP contribution < -0.4 is 0 Å². The number of carboxylic acids is 1. The summed E-state index contributed by atoms with van der Waals surface area (Å²) >= 11 is 6.47. The van der Waals surface area contributed by atoms with Crippen LogP contribution in [0.15, 0.2) is 61.2 Å². The van der Waals surface area contributed by atoms with Crippen LogP contribution in [0, 0.1) is 0 Å². The molecule has 0 saturated heterocycles. The lowest BCUT2D eigenvalue weighted by molar-refractivity contribution is -0.136. The quantitative estimate of drug-likeness (QED) is 0.419. The van der Waals surface area contributed by atoms with E-state index in [2.05, 4.69) is 42.1 Å². The van der Waals surface area contributed by atoms with E-state index in [1.165, 1.54) is 42.5 Å². The molecular formula is C19H14Br2N2O6S. The molecular weight excluding hydrogens is 544 g/mol. The minimum atomic E-state index is -4.07. The Balaban J connectivity index is 2.11. The molecule has 0 bridgehead atoms. The number of rotatable bonds is 6. The fourth-order valence-electron chi connectivity index (χ4n) is 2.86. The van der Waals surface area contributed by atoms with Crippen molar-refractivity contribution in [3.8, 4) is 11.6 Å². The Morgan fingerprint density at radius 3 is 2.20 bits per heavy atom. The summed E-state index contributed by atoms with van der Waals surface area (Å²) in [6, 6.07) is 9.58. The minimum absolute atomic E-state index is 0.0442. The number of hydrogen-bond donors (Lipinski definition) is 3. The van der Waals surface area contributed by atoms with Crippen molar-refractivity contribution >= 4 is 47.7 Å². The zero-order valence-corrected chi connectivity index (χ0v) is 19.1. The lowest BCUT2D eigenvalue weighted by Gasteiger charge is -2.14. The van der Waals surface area contributed by atoms with E-state index in [0.29, 0.717) is 11.3 Å². The van der Waals surface area contributed by atoms with Gasteiger partial charge in [0.25, 0.3) is 0 Å². The van der Waals surface area contributed by atoms with Crippen LogP contribution in [0.1, 0.15) is 16.8 Å². The molecule has 1 heterocycles. The number of phenols is 1. The SMILES string of the molecule is O=C(O)Cc1cc(Br)c(S(=O)(=O)c2ccc(O)cc2Cc2ccc(O)nn2)c(Br)c1. The molecule has 0 saturated carbocycles. The average molecular weight is 558 g/mol. The first-order chi connectivity index (χ1) is 14.1. The van der Waals surface area contributed by atoms with Crippen molar-refractivity contribution in [1.82, 2.24) is 10.2 Å². The Kier molecular flexibility index (Phi) is 6.44. The molecule has 2 aromatic carbocycles. The van der Waals surface area contributed by atoms with E-state index in [-0.39, 0.29) is 48.8 Å². The summed E-state index contributed by atoms with van der Waals surface area (Å²) < 4.78 is 27.3. The highest BCUT2D eigenvalue weighted by Gasteiger charge is 2.27. The molecule has 0 aliphatic carbocycles. The summed E-state index contributed by atoms with van der Waals surface area (Å²) in [7, 11) is -4.07. The topological polar surface area (TPSA) is 138 Å².